The van der Waals surface area contributed by atoms with Gasteiger partial charge in [0.05, 0.1) is 6.33 Å². The zero-order valence-electron chi connectivity index (χ0n) is 17.1. The summed E-state index contributed by atoms with van der Waals surface area (Å²) >= 11 is 5.80. The maximum Gasteiger partial charge on any atom is 0.173 e. The lowest BCUT2D eigenvalue weighted by atomic mass is 9.94. The van der Waals surface area contributed by atoms with Crippen LogP contribution in [0.1, 0.15) is 51.0 Å². The average Bonchev–Trinajstić information content (AvgIpc) is 3.22. The highest BCUT2D eigenvalue weighted by Gasteiger charge is 2.17. The molecule has 1 unspecified atom stereocenters. The number of rotatable bonds is 8. The van der Waals surface area contributed by atoms with E-state index in [0.717, 1.165) is 43.3 Å². The number of nitrogens with zero attached hydrogens (tertiary/aromatic N) is 3. The fourth-order valence-corrected chi connectivity index (χ4v) is 3.91. The van der Waals surface area contributed by atoms with Crippen LogP contribution in [-0.2, 0) is 6.54 Å². The largest absolute Gasteiger partial charge is 0.349 e. The molecular weight excluding hydrogens is 364 g/mol. The number of hydrogen-bond acceptors (Lipinski definition) is 2. The third-order valence-electron chi connectivity index (χ3n) is 5.38. The third-order valence-corrected chi connectivity index (χ3v) is 5.74. The van der Waals surface area contributed by atoms with Crippen molar-refractivity contribution in [2.45, 2.75) is 52.0 Å². The van der Waals surface area contributed by atoms with Crippen molar-refractivity contribution in [1.82, 2.24) is 14.5 Å². The Morgan fingerprint density at radius 2 is 2.11 bits per heavy atom. The van der Waals surface area contributed by atoms with Crippen LogP contribution in [0.2, 0.25) is 0 Å². The molecule has 0 amide bonds. The van der Waals surface area contributed by atoms with Gasteiger partial charge in [-0.2, -0.15) is 0 Å². The number of thiocarbonyl (C=S) groups is 1. The van der Waals surface area contributed by atoms with Crippen molar-refractivity contribution in [2.24, 2.45) is 5.92 Å². The van der Waals surface area contributed by atoms with Gasteiger partial charge in [0.1, 0.15) is 0 Å². The maximum absolute atomic E-state index is 5.80. The molecule has 1 aliphatic carbocycles. The molecule has 1 N–H and O–H groups in total. The zero-order valence-corrected chi connectivity index (χ0v) is 17.9. The van der Waals surface area contributed by atoms with E-state index >= 15 is 0 Å². The van der Waals surface area contributed by atoms with E-state index in [-0.39, 0.29) is 0 Å². The van der Waals surface area contributed by atoms with Crippen LogP contribution < -0.4 is 5.32 Å². The minimum atomic E-state index is 0.542. The van der Waals surface area contributed by atoms with Crippen LogP contribution in [0, 0.1) is 5.92 Å². The molecule has 28 heavy (non-hydrogen) atoms. The Hall–Kier alpha value is -2.14. The van der Waals surface area contributed by atoms with Crippen LogP contribution in [0.5, 0.6) is 0 Å². The van der Waals surface area contributed by atoms with Crippen LogP contribution in [0.4, 0.5) is 5.69 Å². The highest BCUT2D eigenvalue weighted by atomic mass is 32.1. The van der Waals surface area contributed by atoms with Gasteiger partial charge in [0.2, 0.25) is 0 Å². The number of aromatic nitrogens is 2. The van der Waals surface area contributed by atoms with Crippen molar-refractivity contribution in [3.63, 3.8) is 0 Å². The van der Waals surface area contributed by atoms with E-state index in [1.165, 1.54) is 18.4 Å². The topological polar surface area (TPSA) is 33.1 Å². The first-order valence-electron chi connectivity index (χ1n) is 10.4. The summed E-state index contributed by atoms with van der Waals surface area (Å²) < 4.78 is 2.13. The Morgan fingerprint density at radius 3 is 2.75 bits per heavy atom. The molecule has 1 heterocycles. The van der Waals surface area contributed by atoms with Gasteiger partial charge in [-0.05, 0) is 67.4 Å². The molecule has 1 aliphatic rings. The molecule has 4 nitrogen and oxygen atoms in total. The van der Waals surface area contributed by atoms with Crippen molar-refractivity contribution in [3.05, 3.63) is 60.7 Å². The minimum absolute atomic E-state index is 0.542. The Labute approximate surface area is 174 Å². The average molecular weight is 397 g/mol. The lowest BCUT2D eigenvalue weighted by Crippen LogP contribution is -2.39. The number of benzene rings is 1. The first-order valence-corrected chi connectivity index (χ1v) is 10.8. The van der Waals surface area contributed by atoms with Gasteiger partial charge in [0.15, 0.2) is 5.11 Å². The van der Waals surface area contributed by atoms with Gasteiger partial charge in [-0.3, -0.25) is 0 Å². The lowest BCUT2D eigenvalue weighted by molar-refractivity contribution is 0.316. The van der Waals surface area contributed by atoms with E-state index < -0.39 is 0 Å². The van der Waals surface area contributed by atoms with E-state index in [9.17, 15) is 0 Å². The summed E-state index contributed by atoms with van der Waals surface area (Å²) in [6, 6.07) is 8.64. The monoisotopic (exact) mass is 396 g/mol. The molecule has 2 aromatic rings. The maximum atomic E-state index is 5.80. The van der Waals surface area contributed by atoms with E-state index in [2.05, 4.69) is 70.0 Å². The van der Waals surface area contributed by atoms with Crippen molar-refractivity contribution in [2.75, 3.05) is 18.4 Å². The lowest BCUT2D eigenvalue weighted by Gasteiger charge is -2.31. The molecule has 0 aliphatic heterocycles. The SMILES string of the molecule is CC(C)c1ccc(NC(=S)N(CCCn2ccnc2)CC2CC=CCC2)cc1. The highest BCUT2D eigenvalue weighted by Crippen LogP contribution is 2.21. The normalized spacial score (nSPS) is 16.3. The quantitative estimate of drug-likeness (QED) is 0.475. The Balaban J connectivity index is 1.59. The van der Waals surface area contributed by atoms with Crippen LogP contribution in [0.25, 0.3) is 0 Å². The molecule has 1 atom stereocenters. The Morgan fingerprint density at radius 1 is 1.29 bits per heavy atom. The van der Waals surface area contributed by atoms with Gasteiger partial charge in [-0.15, -0.1) is 0 Å². The number of allylic oxidation sites excluding steroid dienone is 2. The second-order valence-electron chi connectivity index (χ2n) is 7.96. The fourth-order valence-electron chi connectivity index (χ4n) is 3.63. The molecule has 1 aromatic heterocycles. The van der Waals surface area contributed by atoms with Gasteiger partial charge >= 0.3 is 0 Å². The predicted molar refractivity (Wildman–Crippen MR) is 122 cm³/mol. The van der Waals surface area contributed by atoms with E-state index in [1.54, 1.807) is 0 Å². The van der Waals surface area contributed by atoms with E-state index in [0.29, 0.717) is 11.8 Å². The molecule has 5 heteroatoms. The molecule has 150 valence electrons. The standard InChI is InChI=1S/C23H32N4S/c1-19(2)21-9-11-22(12-10-21)25-23(28)27(17-20-7-4-3-5-8-20)15-6-14-26-16-13-24-18-26/h3-4,9-13,16,18-20H,5-8,14-15,17H2,1-2H3,(H,25,28). The second kappa shape index (κ2) is 10.4. The summed E-state index contributed by atoms with van der Waals surface area (Å²) in [5.74, 6) is 1.22. The zero-order chi connectivity index (χ0) is 19.8. The summed E-state index contributed by atoms with van der Waals surface area (Å²) in [4.78, 5) is 6.48. The van der Waals surface area contributed by atoms with E-state index in [1.807, 2.05) is 18.7 Å². The van der Waals surface area contributed by atoms with Crippen LogP contribution in [0.3, 0.4) is 0 Å². The minimum Gasteiger partial charge on any atom is -0.349 e. The smallest absolute Gasteiger partial charge is 0.173 e. The Bertz CT molecular complexity index is 749. The predicted octanol–water partition coefficient (Wildman–Crippen LogP) is 5.45. The molecule has 0 saturated carbocycles. The molecule has 0 spiro atoms. The van der Waals surface area contributed by atoms with Gasteiger partial charge in [-0.25, -0.2) is 4.98 Å². The van der Waals surface area contributed by atoms with Crippen molar-refractivity contribution >= 4 is 23.0 Å². The molecule has 0 fully saturated rings. The van der Waals surface area contributed by atoms with Crippen molar-refractivity contribution in [1.29, 1.82) is 0 Å². The first-order chi connectivity index (χ1) is 13.6. The fraction of sp³-hybridized carbons (Fsp3) is 0.478. The second-order valence-corrected chi connectivity index (χ2v) is 8.34. The number of nitrogens with one attached hydrogen (secondary N) is 1. The van der Waals surface area contributed by atoms with Crippen molar-refractivity contribution in [3.8, 4) is 0 Å². The summed E-state index contributed by atoms with van der Waals surface area (Å²) in [5, 5.41) is 4.29. The number of aryl methyl sites for hydroxylation is 1. The van der Waals surface area contributed by atoms with Crippen LogP contribution in [-0.4, -0.2) is 32.7 Å². The van der Waals surface area contributed by atoms with Gasteiger partial charge in [0, 0.05) is 37.7 Å². The van der Waals surface area contributed by atoms with E-state index in [4.69, 9.17) is 12.2 Å². The molecule has 1 aromatic carbocycles. The third kappa shape index (κ3) is 6.20. The molecule has 0 saturated heterocycles. The van der Waals surface area contributed by atoms with Crippen LogP contribution >= 0.6 is 12.2 Å². The molecule has 3 rings (SSSR count). The number of hydrogen-bond donors (Lipinski definition) is 1. The highest BCUT2D eigenvalue weighted by molar-refractivity contribution is 7.80. The summed E-state index contributed by atoms with van der Waals surface area (Å²) in [6.07, 6.45) is 15.0. The summed E-state index contributed by atoms with van der Waals surface area (Å²) in [5.41, 5.74) is 2.42. The summed E-state index contributed by atoms with van der Waals surface area (Å²) in [7, 11) is 0. The Kier molecular flexibility index (Phi) is 7.66. The number of anilines is 1. The van der Waals surface area contributed by atoms with Crippen LogP contribution in [0.15, 0.2) is 55.1 Å². The van der Waals surface area contributed by atoms with Gasteiger partial charge in [-0.1, -0.05) is 38.1 Å². The first kappa shape index (κ1) is 20.6. The molecule has 0 radical (unpaired) electrons. The van der Waals surface area contributed by atoms with Gasteiger partial charge < -0.3 is 14.8 Å². The van der Waals surface area contributed by atoms with Gasteiger partial charge in [0.25, 0.3) is 0 Å². The summed E-state index contributed by atoms with van der Waals surface area (Å²) in [6.45, 7) is 7.37. The molecular formula is C23H32N4S. The van der Waals surface area contributed by atoms with Crippen molar-refractivity contribution < 1.29 is 0 Å². The molecule has 0 bridgehead atoms. The number of imidazole rings is 1.